The van der Waals surface area contributed by atoms with Crippen LogP contribution < -0.4 is 18.6 Å². The number of benzene rings is 1. The molecule has 4 aromatic rings. The summed E-state index contributed by atoms with van der Waals surface area (Å²) in [4.78, 5) is 1.46. The Morgan fingerprint density at radius 1 is 0.962 bits per heavy atom. The third kappa shape index (κ3) is 4.39. The third-order valence-corrected chi connectivity index (χ3v) is 6.43. The lowest BCUT2D eigenvalue weighted by Crippen LogP contribution is -2.68. The van der Waals surface area contributed by atoms with E-state index in [9.17, 15) is 0 Å². The van der Waals surface area contributed by atoms with Gasteiger partial charge in [-0.15, -0.1) is 32.9 Å². The fraction of sp³-hybridized carbons (Fsp3) is 0.167. The van der Waals surface area contributed by atoms with Gasteiger partial charge in [-0.1, -0.05) is 25.1 Å². The molecule has 26 heavy (non-hydrogen) atoms. The van der Waals surface area contributed by atoms with Crippen LogP contribution in [0.1, 0.15) is 17.6 Å². The molecular weight excluding hydrogens is 396 g/mol. The van der Waals surface area contributed by atoms with Gasteiger partial charge in [0.2, 0.25) is 0 Å². The van der Waals surface area contributed by atoms with Crippen LogP contribution in [-0.4, -0.2) is 0 Å². The molecular formula is C18H15ClO5S2. The van der Waals surface area contributed by atoms with Gasteiger partial charge in [-0.25, -0.2) is 23.1 Å². The van der Waals surface area contributed by atoms with Gasteiger partial charge in [-0.05, 0) is 24.6 Å². The zero-order valence-electron chi connectivity index (χ0n) is 14.0. The zero-order chi connectivity index (χ0) is 18.9. The van der Waals surface area contributed by atoms with Gasteiger partial charge >= 0.3 is 11.5 Å². The van der Waals surface area contributed by atoms with Crippen molar-refractivity contribution in [3.8, 4) is 11.3 Å². The number of halogens is 1. The lowest BCUT2D eigenvalue weighted by atomic mass is 10.1. The van der Waals surface area contributed by atoms with E-state index in [0.717, 1.165) is 23.5 Å². The topological polar surface area (TPSA) is 104 Å². The van der Waals surface area contributed by atoms with Crippen molar-refractivity contribution in [2.75, 3.05) is 0 Å². The highest BCUT2D eigenvalue weighted by Gasteiger charge is 2.21. The van der Waals surface area contributed by atoms with Crippen LogP contribution in [0.15, 0.2) is 46.9 Å². The maximum absolute atomic E-state index is 8.49. The van der Waals surface area contributed by atoms with E-state index in [1.165, 1.54) is 24.4 Å². The molecule has 0 fully saturated rings. The smallest absolute Gasteiger partial charge is 0.222 e. The predicted octanol–water partition coefficient (Wildman–Crippen LogP) is 1.77. The Morgan fingerprint density at radius 2 is 1.62 bits per heavy atom. The molecule has 3 aromatic heterocycles. The highest BCUT2D eigenvalue weighted by molar-refractivity contribution is 7.41. The van der Waals surface area contributed by atoms with E-state index >= 15 is 0 Å². The second kappa shape index (κ2) is 7.58. The van der Waals surface area contributed by atoms with Gasteiger partial charge in [-0.2, -0.15) is 0 Å². The summed E-state index contributed by atoms with van der Waals surface area (Å²) in [5.74, 6) is 1.96. The first-order valence-corrected chi connectivity index (χ1v) is 10.6. The van der Waals surface area contributed by atoms with Gasteiger partial charge < -0.3 is 0 Å². The molecule has 8 heteroatoms. The molecule has 0 amide bonds. The summed E-state index contributed by atoms with van der Waals surface area (Å²) in [5.41, 5.74) is 1.13. The van der Waals surface area contributed by atoms with Crippen molar-refractivity contribution in [1.29, 1.82) is 0 Å². The number of hydrogen-bond acceptors (Lipinski definition) is 6. The second-order valence-corrected chi connectivity index (χ2v) is 8.69. The van der Waals surface area contributed by atoms with E-state index in [1.807, 2.05) is 40.9 Å². The summed E-state index contributed by atoms with van der Waals surface area (Å²) in [6.07, 6.45) is 1.11. The summed E-state index contributed by atoms with van der Waals surface area (Å²) in [5, 5.41) is 2.71. The number of thiophene rings is 2. The Hall–Kier alpha value is -1.58. The largest absolute Gasteiger partial charge is 0.360 e. The summed E-state index contributed by atoms with van der Waals surface area (Å²) in [6, 6.07) is 14.9. The van der Waals surface area contributed by atoms with Crippen LogP contribution in [-0.2, 0) is 6.42 Å². The monoisotopic (exact) mass is 410 g/mol. The summed E-state index contributed by atoms with van der Waals surface area (Å²) in [6.45, 7) is 4.28. The maximum Gasteiger partial charge on any atom is 0.360 e. The molecule has 0 bridgehead atoms. The molecule has 0 aliphatic rings. The number of hydrogen-bond donors (Lipinski definition) is 0. The van der Waals surface area contributed by atoms with Crippen LogP contribution in [0.3, 0.4) is 0 Å². The quantitative estimate of drug-likeness (QED) is 0.468. The van der Waals surface area contributed by atoms with Crippen molar-refractivity contribution >= 4 is 42.2 Å². The standard InChI is InChI=1S/C18H15OS2.ClHO4/c1-3-13-9-15-14-10-16(12-7-5-4-6-8-12)19-11(2)17(14)21-18(15)20-13;2-1(3,4)5/h4-10H,3H2,1-2H3;(H,2,3,4,5)/q+1;/p-1. The molecule has 3 heterocycles. The van der Waals surface area contributed by atoms with Gasteiger partial charge in [0.25, 0.3) is 0 Å². The molecule has 0 spiro atoms. The van der Waals surface area contributed by atoms with Gasteiger partial charge in [-0.3, -0.25) is 0 Å². The predicted molar refractivity (Wildman–Crippen MR) is 93.4 cm³/mol. The van der Waals surface area contributed by atoms with Crippen molar-refractivity contribution in [2.24, 2.45) is 0 Å². The molecule has 136 valence electrons. The molecule has 0 saturated heterocycles. The number of fused-ring (bicyclic) bond motifs is 3. The van der Waals surface area contributed by atoms with Gasteiger partial charge in [0.05, 0.1) is 22.6 Å². The number of rotatable bonds is 2. The summed E-state index contributed by atoms with van der Waals surface area (Å²) >= 11 is 3.76. The molecule has 5 nitrogen and oxygen atoms in total. The van der Waals surface area contributed by atoms with Crippen molar-refractivity contribution in [3.63, 3.8) is 0 Å². The number of aryl methyl sites for hydroxylation is 2. The molecule has 0 radical (unpaired) electrons. The van der Waals surface area contributed by atoms with Crippen molar-refractivity contribution < 1.29 is 33.3 Å². The van der Waals surface area contributed by atoms with Crippen molar-refractivity contribution in [3.05, 3.63) is 53.1 Å². The third-order valence-electron chi connectivity index (χ3n) is 3.74. The van der Waals surface area contributed by atoms with Crippen LogP contribution in [0.25, 0.3) is 30.8 Å². The highest BCUT2D eigenvalue weighted by atomic mass is 35.7. The average molecular weight is 411 g/mol. The molecule has 0 aliphatic heterocycles. The Labute approximate surface area is 160 Å². The van der Waals surface area contributed by atoms with Crippen LogP contribution >= 0.6 is 22.7 Å². The normalized spacial score (nSPS) is 11.6. The Bertz CT molecular complexity index is 1030. The Balaban J connectivity index is 0.000000349. The van der Waals surface area contributed by atoms with E-state index in [0.29, 0.717) is 0 Å². The minimum Gasteiger partial charge on any atom is -0.222 e. The fourth-order valence-electron chi connectivity index (χ4n) is 2.65. The maximum atomic E-state index is 8.49. The summed E-state index contributed by atoms with van der Waals surface area (Å²) in [7, 11) is -4.94. The fourth-order valence-corrected chi connectivity index (χ4v) is 5.16. The Morgan fingerprint density at radius 3 is 2.23 bits per heavy atom. The van der Waals surface area contributed by atoms with E-state index in [1.54, 1.807) is 0 Å². The summed E-state index contributed by atoms with van der Waals surface area (Å²) < 4.78 is 42.7. The molecule has 4 rings (SSSR count). The molecule has 0 unspecified atom stereocenters. The molecule has 0 atom stereocenters. The molecule has 0 aliphatic carbocycles. The van der Waals surface area contributed by atoms with E-state index < -0.39 is 10.2 Å². The van der Waals surface area contributed by atoms with Crippen LogP contribution in [0.5, 0.6) is 0 Å². The average Bonchev–Trinajstić information content (AvgIpc) is 3.12. The first-order valence-electron chi connectivity index (χ1n) is 7.72. The lowest BCUT2D eigenvalue weighted by molar-refractivity contribution is -2.00. The van der Waals surface area contributed by atoms with Gasteiger partial charge in [0.1, 0.15) is 4.70 Å². The van der Waals surface area contributed by atoms with Crippen LogP contribution in [0.2, 0.25) is 0 Å². The zero-order valence-corrected chi connectivity index (χ0v) is 16.4. The minimum atomic E-state index is -4.94. The van der Waals surface area contributed by atoms with E-state index in [4.69, 9.17) is 23.1 Å². The van der Waals surface area contributed by atoms with E-state index in [2.05, 4.69) is 38.1 Å². The lowest BCUT2D eigenvalue weighted by Gasteiger charge is -2.17. The van der Waals surface area contributed by atoms with Gasteiger partial charge in [0.15, 0.2) is 0 Å². The van der Waals surface area contributed by atoms with Crippen LogP contribution in [0, 0.1) is 17.2 Å². The van der Waals surface area contributed by atoms with Crippen molar-refractivity contribution in [2.45, 2.75) is 20.3 Å². The first kappa shape index (κ1) is 19.2. The SMILES string of the molecule is CCc1cc2c(s1)sc1c(C)[o+]c(-c3ccccc3)cc12.[O-][Cl+3]([O-])([O-])[O-]. The van der Waals surface area contributed by atoms with Gasteiger partial charge in [0, 0.05) is 15.6 Å². The molecule has 1 aromatic carbocycles. The molecule has 0 N–H and O–H groups in total. The van der Waals surface area contributed by atoms with Crippen LogP contribution in [0.4, 0.5) is 0 Å². The van der Waals surface area contributed by atoms with E-state index in [-0.39, 0.29) is 0 Å². The Kier molecular flexibility index (Phi) is 5.59. The second-order valence-electron chi connectivity index (χ2n) is 5.52. The highest BCUT2D eigenvalue weighted by Crippen LogP contribution is 2.42. The van der Waals surface area contributed by atoms with Crippen molar-refractivity contribution in [1.82, 2.24) is 0 Å². The first-order chi connectivity index (χ1) is 12.3. The molecule has 0 saturated carbocycles. The minimum absolute atomic E-state index is 0.949.